The van der Waals surface area contributed by atoms with E-state index in [9.17, 15) is 22.4 Å². The number of benzene rings is 2. The van der Waals surface area contributed by atoms with Crippen LogP contribution < -0.4 is 5.32 Å². The summed E-state index contributed by atoms with van der Waals surface area (Å²) in [7, 11) is 0. The third-order valence-electron chi connectivity index (χ3n) is 5.64. The van der Waals surface area contributed by atoms with E-state index in [1.54, 1.807) is 12.3 Å². The molecule has 1 amide bonds. The Morgan fingerprint density at radius 3 is 2.49 bits per heavy atom. The third kappa shape index (κ3) is 6.00. The summed E-state index contributed by atoms with van der Waals surface area (Å²) >= 11 is 0. The first kappa shape index (κ1) is 25.6. The number of alkyl halides is 3. The number of allylic oxidation sites excluding steroid dienone is 3. The van der Waals surface area contributed by atoms with Crippen LogP contribution in [0.2, 0.25) is 0 Å². The molecule has 0 fully saturated rings. The lowest BCUT2D eigenvalue weighted by Crippen LogP contribution is -2.25. The molecule has 0 spiro atoms. The zero-order valence-corrected chi connectivity index (χ0v) is 19.7. The van der Waals surface area contributed by atoms with Crippen molar-refractivity contribution in [2.45, 2.75) is 19.5 Å². The van der Waals surface area contributed by atoms with E-state index in [2.05, 4.69) is 27.0 Å². The van der Waals surface area contributed by atoms with Crippen LogP contribution in [0.4, 0.5) is 17.6 Å². The second-order valence-corrected chi connectivity index (χ2v) is 8.17. The second kappa shape index (κ2) is 10.6. The molecule has 4 rings (SSSR count). The lowest BCUT2D eigenvalue weighted by molar-refractivity contribution is -0.119. The smallest absolute Gasteiger partial charge is 0.339 e. The molecule has 0 aliphatic rings. The molecule has 0 saturated carbocycles. The molecular formula is C28H22F4N4O. The minimum absolute atomic E-state index is 0.0978. The number of aromatic nitrogens is 2. The minimum Gasteiger partial charge on any atom is -0.339 e. The van der Waals surface area contributed by atoms with E-state index in [4.69, 9.17) is 0 Å². The van der Waals surface area contributed by atoms with Crippen molar-refractivity contribution in [3.63, 3.8) is 0 Å². The lowest BCUT2D eigenvalue weighted by Gasteiger charge is -2.11. The first-order valence-corrected chi connectivity index (χ1v) is 11.2. The number of amides is 1. The third-order valence-corrected chi connectivity index (χ3v) is 5.64. The van der Waals surface area contributed by atoms with Crippen LogP contribution in [-0.2, 0) is 11.2 Å². The van der Waals surface area contributed by atoms with Crippen molar-refractivity contribution in [2.24, 2.45) is 4.99 Å². The zero-order valence-electron chi connectivity index (χ0n) is 19.7. The molecular weight excluding hydrogens is 484 g/mol. The van der Waals surface area contributed by atoms with E-state index in [1.165, 1.54) is 25.1 Å². The van der Waals surface area contributed by atoms with Gasteiger partial charge in [-0.15, -0.1) is 0 Å². The number of hydrogen-bond donors (Lipinski definition) is 2. The van der Waals surface area contributed by atoms with Crippen molar-refractivity contribution in [1.82, 2.24) is 15.3 Å². The molecule has 5 nitrogen and oxygen atoms in total. The Morgan fingerprint density at radius 1 is 1.08 bits per heavy atom. The molecule has 0 unspecified atom stereocenters. The summed E-state index contributed by atoms with van der Waals surface area (Å²) in [5, 5.41) is 3.20. The predicted octanol–water partition coefficient (Wildman–Crippen LogP) is 6.75. The van der Waals surface area contributed by atoms with E-state index in [-0.39, 0.29) is 17.7 Å². The molecule has 0 aliphatic heterocycles. The van der Waals surface area contributed by atoms with Crippen LogP contribution in [0.3, 0.4) is 0 Å². The van der Waals surface area contributed by atoms with Gasteiger partial charge in [-0.3, -0.25) is 9.79 Å². The van der Waals surface area contributed by atoms with Gasteiger partial charge >= 0.3 is 6.18 Å². The van der Waals surface area contributed by atoms with Gasteiger partial charge in [0.25, 0.3) is 0 Å². The monoisotopic (exact) mass is 506 g/mol. The van der Waals surface area contributed by atoms with Crippen LogP contribution in [0.1, 0.15) is 12.5 Å². The van der Waals surface area contributed by atoms with Crippen LogP contribution in [0.5, 0.6) is 0 Å². The largest absolute Gasteiger partial charge is 0.433 e. The Kier molecular flexibility index (Phi) is 7.33. The number of nitrogens with zero attached hydrogens (tertiary/aromatic N) is 2. The van der Waals surface area contributed by atoms with Crippen molar-refractivity contribution >= 4 is 23.7 Å². The normalized spacial score (nSPS) is 12.6. The molecule has 2 heterocycles. The molecule has 0 atom stereocenters. The van der Waals surface area contributed by atoms with Gasteiger partial charge in [0.1, 0.15) is 17.2 Å². The Hall–Kier alpha value is -4.53. The van der Waals surface area contributed by atoms with Crippen molar-refractivity contribution in [3.05, 3.63) is 102 Å². The summed E-state index contributed by atoms with van der Waals surface area (Å²) < 4.78 is 53.6. The number of pyridine rings is 1. The fourth-order valence-electron chi connectivity index (χ4n) is 3.75. The van der Waals surface area contributed by atoms with Gasteiger partial charge in [-0.25, -0.2) is 9.37 Å². The van der Waals surface area contributed by atoms with Crippen molar-refractivity contribution in [1.29, 1.82) is 0 Å². The molecule has 0 saturated heterocycles. The van der Waals surface area contributed by atoms with E-state index in [0.717, 1.165) is 16.6 Å². The van der Waals surface area contributed by atoms with Crippen molar-refractivity contribution < 1.29 is 22.4 Å². The average molecular weight is 507 g/mol. The van der Waals surface area contributed by atoms with Crippen LogP contribution in [0, 0.1) is 5.82 Å². The SMILES string of the molecule is C=N/C(=C\C(=C/C)NC(=O)Cc1ccc(-c2cnc3[nH]c(-c4ccccc4)cc3c2)cc1F)C(F)(F)F. The standard InChI is InChI=1S/C28H22F4N4O/c1-3-22(15-25(33-2)28(30,31)32)35-26(37)14-19-10-9-18(12-23(19)29)21-11-20-13-24(36-27(20)34-16-21)17-7-5-4-6-8-17/h3-13,15-16H,2,14H2,1H3,(H,34,36)(H,35,37)/b22-3+,25-15-. The second-order valence-electron chi connectivity index (χ2n) is 8.17. The quantitative estimate of drug-likeness (QED) is 0.165. The summed E-state index contributed by atoms with van der Waals surface area (Å²) in [6.45, 7) is 4.36. The van der Waals surface area contributed by atoms with Gasteiger partial charge in [-0.1, -0.05) is 48.5 Å². The van der Waals surface area contributed by atoms with E-state index < -0.39 is 23.6 Å². The van der Waals surface area contributed by atoms with Crippen LogP contribution >= 0.6 is 0 Å². The minimum atomic E-state index is -4.72. The maximum Gasteiger partial charge on any atom is 0.433 e. The van der Waals surface area contributed by atoms with Crippen LogP contribution in [0.25, 0.3) is 33.4 Å². The van der Waals surface area contributed by atoms with Gasteiger partial charge in [0.05, 0.1) is 6.42 Å². The average Bonchev–Trinajstić information content (AvgIpc) is 3.31. The van der Waals surface area contributed by atoms with Crippen LogP contribution in [0.15, 0.2) is 95.4 Å². The highest BCUT2D eigenvalue weighted by Gasteiger charge is 2.33. The van der Waals surface area contributed by atoms with Crippen molar-refractivity contribution in [3.8, 4) is 22.4 Å². The molecule has 4 aromatic rings. The highest BCUT2D eigenvalue weighted by Crippen LogP contribution is 2.29. The van der Waals surface area contributed by atoms with Gasteiger partial charge in [0, 0.05) is 28.5 Å². The number of halogens is 4. The topological polar surface area (TPSA) is 70.1 Å². The number of aliphatic imine (C=N–C) groups is 1. The summed E-state index contributed by atoms with van der Waals surface area (Å²) in [5.74, 6) is -1.29. The number of rotatable bonds is 7. The first-order chi connectivity index (χ1) is 17.7. The summed E-state index contributed by atoms with van der Waals surface area (Å²) in [5.41, 5.74) is 2.62. The first-order valence-electron chi connectivity index (χ1n) is 11.2. The van der Waals surface area contributed by atoms with Gasteiger partial charge in [0.2, 0.25) is 5.91 Å². The fraction of sp³-hybridized carbons (Fsp3) is 0.107. The number of nitrogens with one attached hydrogen (secondary N) is 2. The highest BCUT2D eigenvalue weighted by atomic mass is 19.4. The summed E-state index contributed by atoms with van der Waals surface area (Å²) in [6.07, 6.45) is -1.51. The molecule has 2 N–H and O–H groups in total. The van der Waals surface area contributed by atoms with E-state index >= 15 is 0 Å². The van der Waals surface area contributed by atoms with Crippen LogP contribution in [-0.4, -0.2) is 28.8 Å². The Morgan fingerprint density at radius 2 is 1.84 bits per heavy atom. The maximum atomic E-state index is 14.9. The Bertz CT molecular complexity index is 1520. The van der Waals surface area contributed by atoms with E-state index in [1.807, 2.05) is 42.5 Å². The summed E-state index contributed by atoms with van der Waals surface area (Å²) in [6, 6.07) is 18.1. The molecule has 2 aromatic heterocycles. The number of carbonyl (C=O) groups is 1. The van der Waals surface area contributed by atoms with Crippen molar-refractivity contribution in [2.75, 3.05) is 0 Å². The highest BCUT2D eigenvalue weighted by molar-refractivity contribution is 5.87. The Balaban J connectivity index is 1.50. The molecule has 0 bridgehead atoms. The number of aromatic amines is 1. The van der Waals surface area contributed by atoms with Gasteiger partial charge in [-0.05, 0) is 54.6 Å². The molecule has 188 valence electrons. The summed E-state index contributed by atoms with van der Waals surface area (Å²) in [4.78, 5) is 23.1. The number of H-pyrrole nitrogens is 1. The predicted molar refractivity (Wildman–Crippen MR) is 136 cm³/mol. The van der Waals surface area contributed by atoms with Gasteiger partial charge < -0.3 is 10.3 Å². The molecule has 0 aliphatic carbocycles. The number of hydrogen-bond acceptors (Lipinski definition) is 3. The fourth-order valence-corrected chi connectivity index (χ4v) is 3.75. The Labute approximate surface area is 210 Å². The van der Waals surface area contributed by atoms with Gasteiger partial charge in [0.15, 0.2) is 0 Å². The maximum absolute atomic E-state index is 14.9. The number of carbonyl (C=O) groups excluding carboxylic acids is 1. The molecule has 9 heteroatoms. The van der Waals surface area contributed by atoms with E-state index in [0.29, 0.717) is 22.9 Å². The molecule has 0 radical (unpaired) electrons. The zero-order chi connectivity index (χ0) is 26.6. The number of fused-ring (bicyclic) bond motifs is 1. The molecule has 37 heavy (non-hydrogen) atoms. The van der Waals surface area contributed by atoms with Gasteiger partial charge in [-0.2, -0.15) is 13.2 Å². The lowest BCUT2D eigenvalue weighted by atomic mass is 10.0. The molecule has 2 aromatic carbocycles.